The number of rotatable bonds is 14. The number of aliphatic hydroxyl groups is 2. The van der Waals surface area contributed by atoms with E-state index in [0.29, 0.717) is 101 Å². The van der Waals surface area contributed by atoms with Gasteiger partial charge >= 0.3 is 30.8 Å². The third-order valence-corrected chi connectivity index (χ3v) is 24.2. The van der Waals surface area contributed by atoms with Gasteiger partial charge in [0.25, 0.3) is 12.9 Å². The number of hydrogen-bond acceptors (Lipinski definition) is 10. The quantitative estimate of drug-likeness (QED) is 0.0707. The molecule has 0 saturated heterocycles. The average Bonchev–Trinajstić information content (AvgIpc) is 4.22. The van der Waals surface area contributed by atoms with E-state index in [9.17, 15) is 34.5 Å². The molecule has 0 amide bonds. The molecule has 8 aliphatic rings. The van der Waals surface area contributed by atoms with E-state index in [-0.39, 0.29) is 82.3 Å². The average molecular weight is 1080 g/mol. The van der Waals surface area contributed by atoms with Crippen molar-refractivity contribution in [3.8, 4) is 0 Å². The van der Waals surface area contributed by atoms with E-state index >= 15 is 0 Å². The van der Waals surface area contributed by atoms with Gasteiger partial charge in [0.05, 0.1) is 30.4 Å². The standard InChI is InChI=1S/C35H48O6.C32H46O4.Li.H2O/c1-6-26-30-19-25(40-20-36)14-16-35(30,4)29-15-17-34(3)27(12-13-28(34)31(29)32(26)41-21-37)22(2)10-11-23-8-7-9-24(18-23)33(38)39-5;1-5-23-27-18-22(33)13-15-32(27,4)26-14-16-31(3)24(11-12-25(31)28(26)29(23)34)19(2)9-10-20-7-6-8-21(17-20)30(35)36;;/h7-11,18,20-22,25-32H,6,12-17,19H2,1-5H3;6-10,17,19,22-29,33-34H,5,11-16,18H2,1-4H3,(H,35,36);;1H2/q;;+1;/p-1/b11-10+;10-9+;;/t22-,25-,26-,27-,28+,29+,30+,31+,32-,34-,35-;19-,22-,23-,24-,25+,26+,27+,28+,29-,31-,32-;;/m11../s1. The molecule has 0 spiro atoms. The summed E-state index contributed by atoms with van der Waals surface area (Å²) in [7, 11) is 1.41. The fraction of sp³-hybridized carbons (Fsp3) is 0.701. The van der Waals surface area contributed by atoms with Gasteiger partial charge in [-0.05, 0) is 230 Å². The third kappa shape index (κ3) is 11.4. The van der Waals surface area contributed by atoms with E-state index in [1.54, 1.807) is 18.2 Å². The Morgan fingerprint density at radius 2 is 1.10 bits per heavy atom. The van der Waals surface area contributed by atoms with E-state index in [0.717, 1.165) is 68.9 Å². The number of carboxylic acid groups (broad SMARTS) is 1. The molecule has 8 fully saturated rings. The maximum Gasteiger partial charge on any atom is 1.00 e. The number of allylic oxidation sites excluding steroid dienone is 2. The van der Waals surface area contributed by atoms with Crippen molar-refractivity contribution in [3.05, 3.63) is 82.9 Å². The number of aliphatic hydroxyl groups excluding tert-OH is 2. The number of methoxy groups -OCH3 is 1. The molecule has 8 aliphatic carbocycles. The van der Waals surface area contributed by atoms with Crippen LogP contribution in [0.5, 0.6) is 0 Å². The number of benzene rings is 2. The maximum absolute atomic E-state index is 12.0. The Kier molecular flexibility index (Phi) is 20.2. The Morgan fingerprint density at radius 1 is 0.620 bits per heavy atom. The van der Waals surface area contributed by atoms with Crippen LogP contribution in [-0.4, -0.2) is 77.2 Å². The van der Waals surface area contributed by atoms with Crippen molar-refractivity contribution in [1.82, 2.24) is 0 Å². The van der Waals surface area contributed by atoms with Gasteiger partial charge in [-0.15, -0.1) is 0 Å². The Hall–Kier alpha value is -3.72. The Labute approximate surface area is 484 Å². The minimum absolute atomic E-state index is 0. The molecule has 12 heteroatoms. The van der Waals surface area contributed by atoms with Crippen molar-refractivity contribution in [2.45, 2.75) is 183 Å². The molecular weight excluding hydrogens is 988 g/mol. The summed E-state index contributed by atoms with van der Waals surface area (Å²) >= 11 is 0. The monoisotopic (exact) mass is 1080 g/mol. The Balaban J connectivity index is 0.000000225. The number of carbonyl (C=O) groups is 4. The molecule has 0 bridgehead atoms. The van der Waals surface area contributed by atoms with Gasteiger partial charge in [0.15, 0.2) is 0 Å². The molecule has 11 nitrogen and oxygen atoms in total. The van der Waals surface area contributed by atoms with Crippen LogP contribution >= 0.6 is 0 Å². The first-order chi connectivity index (χ1) is 36.8. The largest absolute Gasteiger partial charge is 1.00 e. The summed E-state index contributed by atoms with van der Waals surface area (Å²) in [6, 6.07) is 14.8. The second kappa shape index (κ2) is 25.4. The number of carbonyl (C=O) groups excluding carboxylic acids is 3. The van der Waals surface area contributed by atoms with Crippen LogP contribution in [0.25, 0.3) is 12.2 Å². The molecule has 0 aliphatic heterocycles. The smallest absolute Gasteiger partial charge is 0.870 e. The van der Waals surface area contributed by atoms with Crippen LogP contribution in [-0.2, 0) is 23.8 Å². The fourth-order valence-corrected chi connectivity index (χ4v) is 20.6. The molecule has 22 atom stereocenters. The number of fused-ring (bicyclic) bond motifs is 10. The molecule has 0 aromatic heterocycles. The summed E-state index contributed by atoms with van der Waals surface area (Å²) in [6.45, 7) is 20.5. The van der Waals surface area contributed by atoms with E-state index in [4.69, 9.17) is 14.2 Å². The Bertz CT molecular complexity index is 2490. The van der Waals surface area contributed by atoms with Crippen LogP contribution in [0, 0.1) is 105 Å². The van der Waals surface area contributed by atoms with Crippen molar-refractivity contribution in [1.29, 1.82) is 0 Å². The molecule has 4 N–H and O–H groups in total. The molecule has 0 unspecified atom stereocenters. The van der Waals surface area contributed by atoms with Crippen LogP contribution in [0.3, 0.4) is 0 Å². The molecule has 8 saturated carbocycles. The zero-order chi connectivity index (χ0) is 55.2. The van der Waals surface area contributed by atoms with E-state index in [1.807, 2.05) is 30.3 Å². The van der Waals surface area contributed by atoms with Gasteiger partial charge in [0.2, 0.25) is 0 Å². The predicted molar refractivity (Wildman–Crippen MR) is 303 cm³/mol. The van der Waals surface area contributed by atoms with E-state index in [1.165, 1.54) is 52.1 Å². The minimum Gasteiger partial charge on any atom is -0.870 e. The van der Waals surface area contributed by atoms with Crippen molar-refractivity contribution >= 4 is 37.0 Å². The summed E-state index contributed by atoms with van der Waals surface area (Å²) in [5, 5.41) is 31.7. The SMILES string of the molecule is CC[C@H]1[C@@H](O)[C@@H]2[C@H](CC[C@]3(C)[C@@H]([C@H](C)/C=C/c4cccc(C(=O)O)c4)CC[C@@H]23)[C@@]2(C)CC[C@@H](O)C[C@@H]12.CC[C@H]1[C@@H](OC=O)[C@@H]2[C@H](CC[C@]3(C)[C@@H]([C@H](C)/C=C/c4cccc(C(=O)OC)c4)CC[C@@H]23)[C@@]2(C)CC[C@@H](OC=O)C[C@@H]12.[Li+].[OH-]. The first-order valence-corrected chi connectivity index (χ1v) is 30.2. The first kappa shape index (κ1) is 62.9. The number of carboxylic acids is 1. The minimum atomic E-state index is -0.888. The van der Waals surface area contributed by atoms with Crippen molar-refractivity contribution < 1.29 is 73.0 Å². The summed E-state index contributed by atoms with van der Waals surface area (Å²) in [5.41, 5.74) is 3.67. The molecule has 2 aromatic carbocycles. The topological polar surface area (TPSA) is 187 Å². The first-order valence-electron chi connectivity index (χ1n) is 30.2. The van der Waals surface area contributed by atoms with Crippen LogP contribution in [0.4, 0.5) is 0 Å². The van der Waals surface area contributed by atoms with Gasteiger partial charge in [0.1, 0.15) is 12.2 Å². The second-order valence-electron chi connectivity index (χ2n) is 27.1. The summed E-state index contributed by atoms with van der Waals surface area (Å²) in [6.07, 6.45) is 25.5. The normalized spacial score (nSPS) is 41.6. The van der Waals surface area contributed by atoms with Gasteiger partial charge in [0, 0.05) is 5.92 Å². The van der Waals surface area contributed by atoms with Crippen LogP contribution < -0.4 is 18.9 Å². The van der Waals surface area contributed by atoms with Crippen molar-refractivity contribution in [3.63, 3.8) is 0 Å². The van der Waals surface area contributed by atoms with Gasteiger partial charge in [-0.25, -0.2) is 9.59 Å². The van der Waals surface area contributed by atoms with E-state index in [2.05, 4.69) is 79.7 Å². The molecule has 10 rings (SSSR count). The van der Waals surface area contributed by atoms with Crippen LogP contribution in [0.2, 0.25) is 0 Å². The van der Waals surface area contributed by atoms with Crippen molar-refractivity contribution in [2.75, 3.05) is 7.11 Å². The van der Waals surface area contributed by atoms with Crippen LogP contribution in [0.15, 0.2) is 60.7 Å². The second-order valence-corrected chi connectivity index (χ2v) is 27.1. The van der Waals surface area contributed by atoms with Gasteiger partial charge < -0.3 is 35.0 Å². The van der Waals surface area contributed by atoms with Gasteiger partial charge in [-0.3, -0.25) is 9.59 Å². The third-order valence-electron chi connectivity index (χ3n) is 24.2. The maximum atomic E-state index is 12.0. The van der Waals surface area contributed by atoms with Crippen molar-refractivity contribution in [2.24, 2.45) is 105 Å². The fourth-order valence-electron chi connectivity index (χ4n) is 20.6. The number of esters is 1. The van der Waals surface area contributed by atoms with Gasteiger partial charge in [-0.1, -0.05) is 110 Å². The van der Waals surface area contributed by atoms with Gasteiger partial charge in [-0.2, -0.15) is 0 Å². The molecule has 2 aromatic rings. The molecule has 79 heavy (non-hydrogen) atoms. The molecule has 0 heterocycles. The molecule has 430 valence electrons. The molecule has 0 radical (unpaired) electrons. The number of hydrogen-bond donors (Lipinski definition) is 3. The summed E-state index contributed by atoms with van der Waals surface area (Å²) in [4.78, 5) is 46.5. The Morgan fingerprint density at radius 3 is 1.63 bits per heavy atom. The zero-order valence-corrected chi connectivity index (χ0v) is 49.4. The zero-order valence-electron chi connectivity index (χ0n) is 49.4. The number of ether oxygens (including phenoxy) is 3. The predicted octanol–water partition coefficient (Wildman–Crippen LogP) is 10.6. The molecular formula is C67H95LiO11. The number of aromatic carboxylic acids is 1. The summed E-state index contributed by atoms with van der Waals surface area (Å²) < 4.78 is 16.5. The summed E-state index contributed by atoms with van der Waals surface area (Å²) in [5.74, 6) is 5.02. The van der Waals surface area contributed by atoms with Crippen LogP contribution in [0.1, 0.15) is 190 Å². The van der Waals surface area contributed by atoms with E-state index < -0.39 is 5.97 Å².